The zero-order chi connectivity index (χ0) is 20.8. The number of ether oxygens (including phenoxy) is 1. The first-order chi connectivity index (χ1) is 13.8. The van der Waals surface area contributed by atoms with Crippen molar-refractivity contribution in [3.05, 3.63) is 0 Å². The molecule has 9 atom stereocenters. The maximum atomic E-state index is 13.5. The lowest BCUT2D eigenvalue weighted by atomic mass is 9.44. The van der Waals surface area contributed by atoms with Gasteiger partial charge >= 0.3 is 0 Å². The van der Waals surface area contributed by atoms with Crippen molar-refractivity contribution >= 4 is 11.9 Å². The van der Waals surface area contributed by atoms with Crippen LogP contribution >= 0.6 is 0 Å². The first-order valence-corrected chi connectivity index (χ1v) is 11.9. The lowest BCUT2D eigenvalue weighted by Gasteiger charge is -2.60. The lowest BCUT2D eigenvalue weighted by Crippen LogP contribution is -2.57. The SMILES string of the molecule is CO[C@@H]1CC[C@@]2(C)[C@H](CC(=O)[C@@H]3[C@@H]2CC[C@]2(C)[C@@H]([C@H](C)CCN=C=O)CC[C@@H]32)C1. The van der Waals surface area contributed by atoms with Gasteiger partial charge in [-0.3, -0.25) is 4.79 Å². The zero-order valence-electron chi connectivity index (χ0n) is 18.8. The Bertz CT molecular complexity index is 686. The number of Topliss-reactive ketones (excluding diaryl/α,β-unsaturated/α-hetero) is 1. The molecule has 4 heteroatoms. The molecule has 4 aliphatic carbocycles. The Kier molecular flexibility index (Phi) is 5.81. The van der Waals surface area contributed by atoms with E-state index >= 15 is 0 Å². The molecular formula is C25H39NO3. The van der Waals surface area contributed by atoms with Crippen LogP contribution in [-0.2, 0) is 14.3 Å². The molecule has 4 nitrogen and oxygen atoms in total. The number of aliphatic imine (C=N–C) groups is 1. The van der Waals surface area contributed by atoms with E-state index in [1.54, 1.807) is 6.08 Å². The van der Waals surface area contributed by atoms with Crippen LogP contribution in [0.5, 0.6) is 0 Å². The number of carbonyl (C=O) groups is 1. The van der Waals surface area contributed by atoms with Crippen molar-refractivity contribution < 1.29 is 14.3 Å². The fourth-order valence-electron chi connectivity index (χ4n) is 8.60. The van der Waals surface area contributed by atoms with Gasteiger partial charge < -0.3 is 4.74 Å². The number of hydrogen-bond acceptors (Lipinski definition) is 4. The van der Waals surface area contributed by atoms with Crippen molar-refractivity contribution in [2.75, 3.05) is 13.7 Å². The minimum Gasteiger partial charge on any atom is -0.381 e. The molecule has 162 valence electrons. The van der Waals surface area contributed by atoms with Gasteiger partial charge in [0.05, 0.1) is 12.6 Å². The van der Waals surface area contributed by atoms with E-state index in [2.05, 4.69) is 25.8 Å². The zero-order valence-corrected chi connectivity index (χ0v) is 18.8. The van der Waals surface area contributed by atoms with Crippen LogP contribution in [0.4, 0.5) is 0 Å². The Hall–Kier alpha value is -0.990. The number of hydrogen-bond donors (Lipinski definition) is 0. The maximum absolute atomic E-state index is 13.5. The second-order valence-corrected chi connectivity index (χ2v) is 11.2. The summed E-state index contributed by atoms with van der Waals surface area (Å²) < 4.78 is 5.68. The smallest absolute Gasteiger partial charge is 0.234 e. The Morgan fingerprint density at radius 1 is 1.14 bits per heavy atom. The molecule has 4 saturated carbocycles. The first-order valence-electron chi connectivity index (χ1n) is 11.9. The quantitative estimate of drug-likeness (QED) is 0.470. The molecule has 0 saturated heterocycles. The highest BCUT2D eigenvalue weighted by molar-refractivity contribution is 5.83. The Morgan fingerprint density at radius 3 is 2.59 bits per heavy atom. The molecule has 4 rings (SSSR count). The van der Waals surface area contributed by atoms with Crippen molar-refractivity contribution in [1.82, 2.24) is 0 Å². The van der Waals surface area contributed by atoms with Crippen LogP contribution in [0.1, 0.15) is 78.6 Å². The Morgan fingerprint density at radius 2 is 1.86 bits per heavy atom. The minimum atomic E-state index is 0.272. The molecule has 29 heavy (non-hydrogen) atoms. The summed E-state index contributed by atoms with van der Waals surface area (Å²) in [6.07, 6.45) is 12.1. The summed E-state index contributed by atoms with van der Waals surface area (Å²) in [6, 6.07) is 0. The van der Waals surface area contributed by atoms with Gasteiger partial charge in [-0.2, -0.15) is 0 Å². The summed E-state index contributed by atoms with van der Waals surface area (Å²) in [7, 11) is 1.83. The second kappa shape index (κ2) is 7.93. The van der Waals surface area contributed by atoms with Crippen LogP contribution < -0.4 is 0 Å². The molecule has 4 fully saturated rings. The standard InChI is InChI=1S/C25H39NO3/c1-16(9-12-26-15-27)19-5-6-20-23-21(8-11-25(19,20)3)24(2)10-7-18(29-4)13-17(24)14-22(23)28/h16-21,23H,5-14H2,1-4H3/t16-,17+,18-,19-,20+,21+,23+,24+,25-/m1/s1. The van der Waals surface area contributed by atoms with Crippen LogP contribution in [0.2, 0.25) is 0 Å². The largest absolute Gasteiger partial charge is 0.381 e. The van der Waals surface area contributed by atoms with Crippen LogP contribution in [0, 0.1) is 46.3 Å². The molecule has 0 bridgehead atoms. The van der Waals surface area contributed by atoms with Gasteiger partial charge in [0.25, 0.3) is 0 Å². The predicted octanol–water partition coefficient (Wildman–Crippen LogP) is 5.20. The molecule has 0 aromatic rings. The minimum absolute atomic E-state index is 0.272. The summed E-state index contributed by atoms with van der Waals surface area (Å²) in [6.45, 7) is 7.90. The van der Waals surface area contributed by atoms with E-state index in [0.717, 1.165) is 25.7 Å². The van der Waals surface area contributed by atoms with Gasteiger partial charge in [0.1, 0.15) is 5.78 Å². The van der Waals surface area contributed by atoms with E-state index in [4.69, 9.17) is 4.74 Å². The summed E-state index contributed by atoms with van der Waals surface area (Å²) in [5.74, 6) is 3.67. The first kappa shape index (κ1) is 21.2. The van der Waals surface area contributed by atoms with Gasteiger partial charge in [0.2, 0.25) is 6.08 Å². The Balaban J connectivity index is 1.55. The third-order valence-electron chi connectivity index (χ3n) is 10.3. The topological polar surface area (TPSA) is 55.7 Å². The fourth-order valence-corrected chi connectivity index (χ4v) is 8.60. The van der Waals surface area contributed by atoms with E-state index in [1.165, 1.54) is 32.1 Å². The number of methoxy groups -OCH3 is 1. The van der Waals surface area contributed by atoms with Crippen LogP contribution in [0.15, 0.2) is 4.99 Å². The van der Waals surface area contributed by atoms with Gasteiger partial charge in [-0.05, 0) is 91.8 Å². The molecule has 0 amide bonds. The Labute approximate surface area is 176 Å². The van der Waals surface area contributed by atoms with E-state index in [0.29, 0.717) is 53.4 Å². The number of carbonyl (C=O) groups excluding carboxylic acids is 2. The normalized spacial score (nSPS) is 47.5. The number of rotatable bonds is 5. The molecule has 0 aromatic carbocycles. The van der Waals surface area contributed by atoms with E-state index < -0.39 is 0 Å². The summed E-state index contributed by atoms with van der Waals surface area (Å²) >= 11 is 0. The molecule has 0 aliphatic heterocycles. The average Bonchev–Trinajstić information content (AvgIpc) is 3.05. The molecule has 0 heterocycles. The molecular weight excluding hydrogens is 362 g/mol. The summed E-state index contributed by atoms with van der Waals surface area (Å²) in [5.41, 5.74) is 0.589. The van der Waals surface area contributed by atoms with Gasteiger partial charge in [-0.1, -0.05) is 20.8 Å². The monoisotopic (exact) mass is 401 g/mol. The highest BCUT2D eigenvalue weighted by Crippen LogP contribution is 2.67. The van der Waals surface area contributed by atoms with Gasteiger partial charge in [-0.15, -0.1) is 0 Å². The van der Waals surface area contributed by atoms with Gasteiger partial charge in [0, 0.05) is 19.4 Å². The molecule has 4 aliphatic rings. The lowest BCUT2D eigenvalue weighted by molar-refractivity contribution is -0.161. The van der Waals surface area contributed by atoms with Crippen LogP contribution in [0.25, 0.3) is 0 Å². The number of ketones is 1. The van der Waals surface area contributed by atoms with Crippen molar-refractivity contribution in [3.8, 4) is 0 Å². The third-order valence-corrected chi connectivity index (χ3v) is 10.3. The molecule has 0 spiro atoms. The van der Waals surface area contributed by atoms with E-state index in [1.807, 2.05) is 7.11 Å². The second-order valence-electron chi connectivity index (χ2n) is 11.2. The van der Waals surface area contributed by atoms with Gasteiger partial charge in [-0.25, -0.2) is 9.79 Å². The fraction of sp³-hybridized carbons (Fsp3) is 0.920. The third kappa shape index (κ3) is 3.35. The van der Waals surface area contributed by atoms with Crippen LogP contribution in [-0.4, -0.2) is 31.6 Å². The molecule has 0 radical (unpaired) electrons. The highest BCUT2D eigenvalue weighted by atomic mass is 16.5. The average molecular weight is 402 g/mol. The highest BCUT2D eigenvalue weighted by Gasteiger charge is 2.63. The molecule has 0 unspecified atom stereocenters. The molecule has 0 aromatic heterocycles. The van der Waals surface area contributed by atoms with E-state index in [9.17, 15) is 9.59 Å². The summed E-state index contributed by atoms with van der Waals surface area (Å²) in [5, 5.41) is 0. The summed E-state index contributed by atoms with van der Waals surface area (Å²) in [4.78, 5) is 27.7. The van der Waals surface area contributed by atoms with Crippen molar-refractivity contribution in [3.63, 3.8) is 0 Å². The van der Waals surface area contributed by atoms with Crippen molar-refractivity contribution in [2.24, 2.45) is 51.3 Å². The molecule has 0 N–H and O–H groups in total. The van der Waals surface area contributed by atoms with Crippen LogP contribution in [0.3, 0.4) is 0 Å². The number of fused-ring (bicyclic) bond motifs is 5. The maximum Gasteiger partial charge on any atom is 0.234 e. The van der Waals surface area contributed by atoms with Crippen molar-refractivity contribution in [2.45, 2.75) is 84.7 Å². The van der Waals surface area contributed by atoms with Gasteiger partial charge in [0.15, 0.2) is 0 Å². The number of nitrogens with zero attached hydrogens (tertiary/aromatic N) is 1. The van der Waals surface area contributed by atoms with Crippen molar-refractivity contribution in [1.29, 1.82) is 0 Å². The van der Waals surface area contributed by atoms with E-state index in [-0.39, 0.29) is 11.3 Å². The number of isocyanates is 1. The predicted molar refractivity (Wildman–Crippen MR) is 113 cm³/mol.